The summed E-state index contributed by atoms with van der Waals surface area (Å²) >= 11 is 5.12. The lowest BCUT2D eigenvalue weighted by Gasteiger charge is -2.43. The number of aliphatic hydroxyl groups excluding tert-OH is 1. The van der Waals surface area contributed by atoms with Gasteiger partial charge in [-0.2, -0.15) is 0 Å². The van der Waals surface area contributed by atoms with Gasteiger partial charge in [0.05, 0.1) is 16.6 Å². The smallest absolute Gasteiger partial charge is 0.0928 e. The predicted molar refractivity (Wildman–Crippen MR) is 75.2 cm³/mol. The van der Waals surface area contributed by atoms with Crippen molar-refractivity contribution in [1.29, 1.82) is 0 Å². The van der Waals surface area contributed by atoms with Crippen LogP contribution in [-0.4, -0.2) is 64.3 Å². The van der Waals surface area contributed by atoms with Gasteiger partial charge in [-0.1, -0.05) is 12.2 Å². The molecule has 0 bridgehead atoms. The molecule has 3 N–H and O–H groups in total. The highest BCUT2D eigenvalue weighted by Crippen LogP contribution is 2.17. The molecule has 0 amide bonds. The van der Waals surface area contributed by atoms with E-state index in [4.69, 9.17) is 18.0 Å². The summed E-state index contributed by atoms with van der Waals surface area (Å²) < 4.78 is 0. The number of rotatable bonds is 5. The van der Waals surface area contributed by atoms with Crippen LogP contribution < -0.4 is 5.73 Å². The normalized spacial score (nSPS) is 21.4. The van der Waals surface area contributed by atoms with Crippen LogP contribution >= 0.6 is 12.2 Å². The molecule has 0 aromatic carbocycles. The van der Waals surface area contributed by atoms with Crippen LogP contribution in [0.4, 0.5) is 0 Å². The van der Waals surface area contributed by atoms with Crippen molar-refractivity contribution in [2.24, 2.45) is 5.73 Å². The van der Waals surface area contributed by atoms with Crippen LogP contribution in [0.2, 0.25) is 0 Å². The van der Waals surface area contributed by atoms with Crippen molar-refractivity contribution in [3.8, 4) is 0 Å². The molecule has 1 fully saturated rings. The topological polar surface area (TPSA) is 52.7 Å². The van der Waals surface area contributed by atoms with E-state index in [-0.39, 0.29) is 11.6 Å². The summed E-state index contributed by atoms with van der Waals surface area (Å²) in [5.74, 6) is 0. The van der Waals surface area contributed by atoms with Crippen molar-refractivity contribution in [3.63, 3.8) is 0 Å². The number of hydrogen-bond donors (Lipinski definition) is 2. The molecule has 100 valence electrons. The highest BCUT2D eigenvalue weighted by Gasteiger charge is 2.32. The molecule has 17 heavy (non-hydrogen) atoms. The molecule has 0 aromatic rings. The molecule has 5 heteroatoms. The second-order valence-electron chi connectivity index (χ2n) is 5.39. The number of nitrogens with zero attached hydrogens (tertiary/aromatic N) is 2. The molecule has 0 spiro atoms. The third-order valence-electron chi connectivity index (χ3n) is 3.63. The lowest BCUT2D eigenvalue weighted by molar-refractivity contribution is 0.0749. The first-order valence-electron chi connectivity index (χ1n) is 6.29. The van der Waals surface area contributed by atoms with E-state index in [1.807, 2.05) is 6.92 Å². The molecule has 0 radical (unpaired) electrons. The van der Waals surface area contributed by atoms with Crippen LogP contribution in [0.1, 0.15) is 27.2 Å². The quantitative estimate of drug-likeness (QED) is 0.702. The van der Waals surface area contributed by atoms with Crippen LogP contribution in [0.25, 0.3) is 0 Å². The summed E-state index contributed by atoms with van der Waals surface area (Å²) in [6, 6.07) is 0. The molecule has 1 atom stereocenters. The minimum Gasteiger partial charge on any atom is -0.393 e. The molecular weight excluding hydrogens is 234 g/mol. The van der Waals surface area contributed by atoms with E-state index >= 15 is 0 Å². The first-order chi connectivity index (χ1) is 7.84. The fourth-order valence-corrected chi connectivity index (χ4v) is 2.18. The average molecular weight is 259 g/mol. The Morgan fingerprint density at radius 2 is 1.88 bits per heavy atom. The SMILES string of the molecule is CC(O)CCN1CCN(C(C)(C)C(N)=S)CC1. The van der Waals surface area contributed by atoms with Gasteiger partial charge in [-0.3, -0.25) is 4.90 Å². The Morgan fingerprint density at radius 3 is 2.29 bits per heavy atom. The summed E-state index contributed by atoms with van der Waals surface area (Å²) in [5, 5.41) is 9.27. The Kier molecular flexibility index (Phi) is 5.31. The van der Waals surface area contributed by atoms with Crippen molar-refractivity contribution in [2.75, 3.05) is 32.7 Å². The van der Waals surface area contributed by atoms with Gasteiger partial charge in [0.25, 0.3) is 0 Å². The maximum atomic E-state index is 9.27. The Hall–Kier alpha value is -0.230. The lowest BCUT2D eigenvalue weighted by Crippen LogP contribution is -2.59. The van der Waals surface area contributed by atoms with Gasteiger partial charge in [0.1, 0.15) is 0 Å². The zero-order valence-corrected chi connectivity index (χ0v) is 12.0. The highest BCUT2D eigenvalue weighted by atomic mass is 32.1. The average Bonchev–Trinajstić information content (AvgIpc) is 2.26. The first-order valence-corrected chi connectivity index (χ1v) is 6.70. The molecule has 0 aliphatic carbocycles. The standard InChI is InChI=1S/C12H25N3OS/c1-10(16)4-5-14-6-8-15(9-7-14)12(2,3)11(13)17/h10,16H,4-9H2,1-3H3,(H2,13,17). The zero-order valence-electron chi connectivity index (χ0n) is 11.1. The van der Waals surface area contributed by atoms with Gasteiger partial charge in [0.15, 0.2) is 0 Å². The monoisotopic (exact) mass is 259 g/mol. The maximum Gasteiger partial charge on any atom is 0.0928 e. The largest absolute Gasteiger partial charge is 0.393 e. The second-order valence-corrected chi connectivity index (χ2v) is 5.83. The predicted octanol–water partition coefficient (Wildman–Crippen LogP) is 0.440. The molecule has 0 aromatic heterocycles. The molecule has 4 nitrogen and oxygen atoms in total. The van der Waals surface area contributed by atoms with Crippen LogP contribution in [0.15, 0.2) is 0 Å². The Bertz CT molecular complexity index is 260. The number of hydrogen-bond acceptors (Lipinski definition) is 4. The van der Waals surface area contributed by atoms with Gasteiger partial charge in [-0.25, -0.2) is 0 Å². The summed E-state index contributed by atoms with van der Waals surface area (Å²) in [5.41, 5.74) is 5.59. The van der Waals surface area contributed by atoms with E-state index in [0.717, 1.165) is 39.1 Å². The molecule has 1 unspecified atom stereocenters. The minimum absolute atomic E-state index is 0.189. The zero-order chi connectivity index (χ0) is 13.1. The van der Waals surface area contributed by atoms with E-state index in [1.54, 1.807) is 0 Å². The molecule has 1 aliphatic heterocycles. The van der Waals surface area contributed by atoms with E-state index in [1.165, 1.54) is 0 Å². The molecule has 0 saturated carbocycles. The Labute approximate surface area is 110 Å². The van der Waals surface area contributed by atoms with Crippen LogP contribution in [0.3, 0.4) is 0 Å². The lowest BCUT2D eigenvalue weighted by atomic mass is 10.0. The molecule has 1 saturated heterocycles. The Balaban J connectivity index is 2.38. The third kappa shape index (κ3) is 4.17. The Morgan fingerprint density at radius 1 is 1.35 bits per heavy atom. The molecular formula is C12H25N3OS. The third-order valence-corrected chi connectivity index (χ3v) is 4.13. The number of thiocarbonyl (C=S) groups is 1. The highest BCUT2D eigenvalue weighted by molar-refractivity contribution is 7.80. The van der Waals surface area contributed by atoms with Gasteiger partial charge in [-0.05, 0) is 27.2 Å². The summed E-state index contributed by atoms with van der Waals surface area (Å²) in [7, 11) is 0. The molecule has 1 heterocycles. The van der Waals surface area contributed by atoms with Crippen LogP contribution in [-0.2, 0) is 0 Å². The van der Waals surface area contributed by atoms with Crippen molar-refractivity contribution in [1.82, 2.24) is 9.80 Å². The van der Waals surface area contributed by atoms with E-state index in [0.29, 0.717) is 4.99 Å². The van der Waals surface area contributed by atoms with Crippen molar-refractivity contribution in [3.05, 3.63) is 0 Å². The van der Waals surface area contributed by atoms with Crippen LogP contribution in [0, 0.1) is 0 Å². The van der Waals surface area contributed by atoms with Gasteiger partial charge in [-0.15, -0.1) is 0 Å². The summed E-state index contributed by atoms with van der Waals surface area (Å²) in [4.78, 5) is 5.29. The molecule has 1 aliphatic rings. The van der Waals surface area contributed by atoms with Gasteiger partial charge in [0.2, 0.25) is 0 Å². The van der Waals surface area contributed by atoms with Gasteiger partial charge in [0, 0.05) is 32.7 Å². The van der Waals surface area contributed by atoms with E-state index in [9.17, 15) is 5.11 Å². The van der Waals surface area contributed by atoms with Gasteiger partial charge < -0.3 is 15.7 Å². The summed E-state index contributed by atoms with van der Waals surface area (Å²) in [6.45, 7) is 11.0. The fourth-order valence-electron chi connectivity index (χ4n) is 2.06. The summed E-state index contributed by atoms with van der Waals surface area (Å²) in [6.07, 6.45) is 0.639. The number of nitrogens with two attached hydrogens (primary N) is 1. The van der Waals surface area contributed by atoms with E-state index in [2.05, 4.69) is 23.6 Å². The molecule has 1 rings (SSSR count). The number of aliphatic hydroxyl groups is 1. The van der Waals surface area contributed by atoms with Crippen molar-refractivity contribution in [2.45, 2.75) is 38.8 Å². The fraction of sp³-hybridized carbons (Fsp3) is 0.917. The van der Waals surface area contributed by atoms with Crippen molar-refractivity contribution < 1.29 is 5.11 Å². The minimum atomic E-state index is -0.207. The second kappa shape index (κ2) is 6.09. The van der Waals surface area contributed by atoms with Gasteiger partial charge >= 0.3 is 0 Å². The van der Waals surface area contributed by atoms with E-state index < -0.39 is 0 Å². The number of piperazine rings is 1. The van der Waals surface area contributed by atoms with Crippen molar-refractivity contribution >= 4 is 17.2 Å². The van der Waals surface area contributed by atoms with Crippen LogP contribution in [0.5, 0.6) is 0 Å². The first kappa shape index (κ1) is 14.8. The maximum absolute atomic E-state index is 9.27.